The molecule has 0 aromatic carbocycles. The van der Waals surface area contributed by atoms with Crippen molar-refractivity contribution < 1.29 is 4.79 Å². The van der Waals surface area contributed by atoms with Gasteiger partial charge in [0, 0.05) is 30.4 Å². The van der Waals surface area contributed by atoms with E-state index in [1.54, 1.807) is 0 Å². The van der Waals surface area contributed by atoms with Crippen molar-refractivity contribution in [3.8, 4) is 0 Å². The number of fused-ring (bicyclic) bond motifs is 1. The van der Waals surface area contributed by atoms with E-state index in [-0.39, 0.29) is 5.91 Å². The van der Waals surface area contributed by atoms with Crippen molar-refractivity contribution in [3.05, 3.63) is 40.4 Å². The fourth-order valence-electron chi connectivity index (χ4n) is 3.62. The van der Waals surface area contributed by atoms with Crippen LogP contribution in [0.15, 0.2) is 17.7 Å². The number of allylic oxidation sites excluding steroid dienone is 1. The van der Waals surface area contributed by atoms with Crippen LogP contribution >= 0.6 is 0 Å². The third-order valence-electron chi connectivity index (χ3n) is 5.04. The van der Waals surface area contributed by atoms with Gasteiger partial charge in [0.1, 0.15) is 0 Å². The normalized spacial score (nSPS) is 14.6. The van der Waals surface area contributed by atoms with Gasteiger partial charge in [-0.2, -0.15) is 5.10 Å². The van der Waals surface area contributed by atoms with Crippen LogP contribution in [0.5, 0.6) is 0 Å². The molecule has 0 aliphatic heterocycles. The number of carbonyl (C=O) groups is 1. The zero-order valence-corrected chi connectivity index (χ0v) is 15.6. The van der Waals surface area contributed by atoms with Crippen molar-refractivity contribution in [1.29, 1.82) is 0 Å². The third kappa shape index (κ3) is 4.27. The molecular formula is C20H28N4O. The van der Waals surface area contributed by atoms with Crippen LogP contribution in [0.1, 0.15) is 61.2 Å². The van der Waals surface area contributed by atoms with Crippen molar-refractivity contribution in [2.45, 2.75) is 65.7 Å². The highest BCUT2D eigenvalue weighted by atomic mass is 16.1. The van der Waals surface area contributed by atoms with E-state index in [0.29, 0.717) is 12.8 Å². The van der Waals surface area contributed by atoms with Crippen molar-refractivity contribution in [3.63, 3.8) is 0 Å². The lowest BCUT2D eigenvalue weighted by atomic mass is 9.97. The van der Waals surface area contributed by atoms with Crippen molar-refractivity contribution in [1.82, 2.24) is 19.9 Å². The number of carbonyl (C=O) groups excluding carboxylic acids is 1. The van der Waals surface area contributed by atoms with Gasteiger partial charge in [-0.1, -0.05) is 11.6 Å². The van der Waals surface area contributed by atoms with E-state index < -0.39 is 0 Å². The SMILES string of the molecule is Cc1cc2nc(C)c(CCC(=O)NCCC3=CCCCC3)c(C)n2n1. The first-order valence-electron chi connectivity index (χ1n) is 9.31. The topological polar surface area (TPSA) is 59.3 Å². The fraction of sp³-hybridized carbons (Fsp3) is 0.550. The minimum atomic E-state index is 0.118. The van der Waals surface area contributed by atoms with Gasteiger partial charge in [-0.3, -0.25) is 4.79 Å². The molecule has 3 rings (SSSR count). The Labute approximate surface area is 149 Å². The molecule has 0 fully saturated rings. The molecule has 25 heavy (non-hydrogen) atoms. The molecule has 0 atom stereocenters. The average Bonchev–Trinajstić information content (AvgIpc) is 2.96. The van der Waals surface area contributed by atoms with Crippen LogP contribution in [-0.4, -0.2) is 27.0 Å². The number of nitrogens with one attached hydrogen (secondary N) is 1. The van der Waals surface area contributed by atoms with Crippen LogP contribution in [0.3, 0.4) is 0 Å². The van der Waals surface area contributed by atoms with E-state index in [0.717, 1.165) is 41.3 Å². The Kier molecular flexibility index (Phi) is 5.51. The Hall–Kier alpha value is -2.17. The first-order valence-corrected chi connectivity index (χ1v) is 9.31. The van der Waals surface area contributed by atoms with Crippen molar-refractivity contribution in [2.75, 3.05) is 6.54 Å². The van der Waals surface area contributed by atoms with E-state index in [1.807, 2.05) is 24.4 Å². The van der Waals surface area contributed by atoms with Gasteiger partial charge in [0.05, 0.1) is 5.69 Å². The summed E-state index contributed by atoms with van der Waals surface area (Å²) in [7, 11) is 0. The van der Waals surface area contributed by atoms with E-state index in [1.165, 1.54) is 31.3 Å². The summed E-state index contributed by atoms with van der Waals surface area (Å²) in [5.41, 5.74) is 6.53. The third-order valence-corrected chi connectivity index (χ3v) is 5.04. The fourth-order valence-corrected chi connectivity index (χ4v) is 3.62. The van der Waals surface area contributed by atoms with Crippen molar-refractivity contribution >= 4 is 11.6 Å². The van der Waals surface area contributed by atoms with Gasteiger partial charge in [-0.25, -0.2) is 9.50 Å². The minimum Gasteiger partial charge on any atom is -0.356 e. The lowest BCUT2D eigenvalue weighted by molar-refractivity contribution is -0.121. The molecule has 1 amide bonds. The lowest BCUT2D eigenvalue weighted by Crippen LogP contribution is -2.25. The molecule has 0 radical (unpaired) electrons. The first-order chi connectivity index (χ1) is 12.0. The lowest BCUT2D eigenvalue weighted by Gasteiger charge is -2.13. The summed E-state index contributed by atoms with van der Waals surface area (Å²) in [6.45, 7) is 6.78. The highest BCUT2D eigenvalue weighted by Gasteiger charge is 2.13. The molecule has 2 aromatic rings. The molecule has 0 unspecified atom stereocenters. The quantitative estimate of drug-likeness (QED) is 0.818. The summed E-state index contributed by atoms with van der Waals surface area (Å²) in [4.78, 5) is 16.8. The molecule has 2 heterocycles. The largest absolute Gasteiger partial charge is 0.356 e. The van der Waals surface area contributed by atoms with Gasteiger partial charge >= 0.3 is 0 Å². The second-order valence-electron chi connectivity index (χ2n) is 7.03. The van der Waals surface area contributed by atoms with E-state index in [4.69, 9.17) is 0 Å². The summed E-state index contributed by atoms with van der Waals surface area (Å²) >= 11 is 0. The van der Waals surface area contributed by atoms with Gasteiger partial charge in [0.15, 0.2) is 5.65 Å². The number of aryl methyl sites for hydroxylation is 3. The van der Waals surface area contributed by atoms with E-state index >= 15 is 0 Å². The van der Waals surface area contributed by atoms with Crippen LogP contribution in [-0.2, 0) is 11.2 Å². The molecular weight excluding hydrogens is 312 g/mol. The summed E-state index contributed by atoms with van der Waals surface area (Å²) in [5, 5.41) is 7.55. The molecule has 0 saturated carbocycles. The smallest absolute Gasteiger partial charge is 0.220 e. The van der Waals surface area contributed by atoms with Gasteiger partial charge in [0.25, 0.3) is 0 Å². The molecule has 0 bridgehead atoms. The van der Waals surface area contributed by atoms with Crippen LogP contribution < -0.4 is 5.32 Å². The Balaban J connectivity index is 1.55. The Bertz CT molecular complexity index is 804. The highest BCUT2D eigenvalue weighted by Crippen LogP contribution is 2.19. The number of amides is 1. The number of aromatic nitrogens is 3. The molecule has 2 aromatic heterocycles. The molecule has 0 spiro atoms. The summed E-state index contributed by atoms with van der Waals surface area (Å²) in [5.74, 6) is 0.118. The van der Waals surface area contributed by atoms with Crippen LogP contribution in [0, 0.1) is 20.8 Å². The second kappa shape index (κ2) is 7.81. The van der Waals surface area contributed by atoms with E-state index in [2.05, 4.69) is 28.4 Å². The van der Waals surface area contributed by atoms with Crippen LogP contribution in [0.2, 0.25) is 0 Å². The summed E-state index contributed by atoms with van der Waals surface area (Å²) in [6, 6.07) is 1.98. The van der Waals surface area contributed by atoms with Gasteiger partial charge in [-0.05, 0) is 64.9 Å². The Morgan fingerprint density at radius 2 is 2.08 bits per heavy atom. The maximum atomic E-state index is 12.2. The average molecular weight is 340 g/mol. The highest BCUT2D eigenvalue weighted by molar-refractivity contribution is 5.76. The monoisotopic (exact) mass is 340 g/mol. The zero-order chi connectivity index (χ0) is 17.8. The zero-order valence-electron chi connectivity index (χ0n) is 15.6. The van der Waals surface area contributed by atoms with Crippen molar-refractivity contribution in [2.24, 2.45) is 0 Å². The van der Waals surface area contributed by atoms with Gasteiger partial charge < -0.3 is 5.32 Å². The molecule has 5 heteroatoms. The number of rotatable bonds is 6. The Morgan fingerprint density at radius 1 is 1.24 bits per heavy atom. The maximum absolute atomic E-state index is 12.2. The molecule has 1 aliphatic rings. The maximum Gasteiger partial charge on any atom is 0.220 e. The number of hydrogen-bond acceptors (Lipinski definition) is 3. The predicted molar refractivity (Wildman–Crippen MR) is 99.7 cm³/mol. The molecule has 1 aliphatic carbocycles. The summed E-state index contributed by atoms with van der Waals surface area (Å²) in [6.07, 6.45) is 9.53. The molecule has 5 nitrogen and oxygen atoms in total. The van der Waals surface area contributed by atoms with Crippen LogP contribution in [0.25, 0.3) is 5.65 Å². The number of hydrogen-bond donors (Lipinski definition) is 1. The van der Waals surface area contributed by atoms with Gasteiger partial charge in [0.2, 0.25) is 5.91 Å². The standard InChI is InChI=1S/C20H28N4O/c1-14-13-19-22-15(2)18(16(3)24(19)23-14)9-10-20(25)21-12-11-17-7-5-4-6-8-17/h7,13H,4-6,8-12H2,1-3H3,(H,21,25). The van der Waals surface area contributed by atoms with Gasteiger partial charge in [-0.15, -0.1) is 0 Å². The molecule has 1 N–H and O–H groups in total. The number of nitrogens with zero attached hydrogens (tertiary/aromatic N) is 3. The first kappa shape index (κ1) is 17.6. The minimum absolute atomic E-state index is 0.118. The van der Waals surface area contributed by atoms with E-state index in [9.17, 15) is 4.79 Å². The summed E-state index contributed by atoms with van der Waals surface area (Å²) < 4.78 is 1.88. The molecule has 0 saturated heterocycles. The Morgan fingerprint density at radius 3 is 2.84 bits per heavy atom. The van der Waals surface area contributed by atoms with Crippen LogP contribution in [0.4, 0.5) is 0 Å². The second-order valence-corrected chi connectivity index (χ2v) is 7.03. The predicted octanol–water partition coefficient (Wildman–Crippen LogP) is 3.59. The molecule has 134 valence electrons.